The molecule has 0 aliphatic rings. The van der Waals surface area contributed by atoms with Gasteiger partial charge in [-0.15, -0.1) is 0 Å². The van der Waals surface area contributed by atoms with Crippen LogP contribution in [0.4, 0.5) is 0 Å². The molecule has 0 N–H and O–H groups in total. The van der Waals surface area contributed by atoms with Gasteiger partial charge in [0.2, 0.25) is 0 Å². The minimum atomic E-state index is 0.647. The molecule has 0 bridgehead atoms. The van der Waals surface area contributed by atoms with Crippen LogP contribution in [0.1, 0.15) is 281 Å². The van der Waals surface area contributed by atoms with E-state index in [0.29, 0.717) is 47.3 Å². The van der Waals surface area contributed by atoms with Crippen molar-refractivity contribution >= 4 is 0 Å². The van der Waals surface area contributed by atoms with Crippen molar-refractivity contribution in [2.75, 3.05) is 0 Å². The van der Waals surface area contributed by atoms with E-state index in [1.54, 1.807) is 0 Å². The van der Waals surface area contributed by atoms with Gasteiger partial charge in [0.25, 0.3) is 0 Å². The number of rotatable bonds is 8. The Morgan fingerprint density at radius 2 is 0.570 bits per heavy atom. The molecule has 8 aromatic rings. The van der Waals surface area contributed by atoms with Gasteiger partial charge in [-0.1, -0.05) is 296 Å². The summed E-state index contributed by atoms with van der Waals surface area (Å²) in [5.74, 6) is 5.19. The summed E-state index contributed by atoms with van der Waals surface area (Å²) >= 11 is 0. The van der Waals surface area contributed by atoms with Crippen molar-refractivity contribution < 1.29 is 0 Å². The zero-order valence-electron chi connectivity index (χ0n) is 60.6. The lowest BCUT2D eigenvalue weighted by Crippen LogP contribution is -1.94. The molecular formula is C86H124. The highest BCUT2D eigenvalue weighted by Crippen LogP contribution is 2.25. The first-order chi connectivity index (χ1) is 40.1. The number of aryl methyl sites for hydroxylation is 13. The Morgan fingerprint density at radius 3 is 0.977 bits per heavy atom. The Balaban J connectivity index is 0.000000492. The molecule has 468 valence electrons. The first kappa shape index (κ1) is 77.8. The zero-order chi connectivity index (χ0) is 65.7. The van der Waals surface area contributed by atoms with Crippen LogP contribution < -0.4 is 0 Å². The fourth-order valence-electron chi connectivity index (χ4n) is 10.7. The van der Waals surface area contributed by atoms with E-state index in [4.69, 9.17) is 0 Å². The lowest BCUT2D eigenvalue weighted by atomic mass is 9.94. The van der Waals surface area contributed by atoms with Crippen LogP contribution in [-0.2, 0) is 0 Å². The van der Waals surface area contributed by atoms with Crippen LogP contribution in [0.5, 0.6) is 0 Å². The van der Waals surface area contributed by atoms with Crippen LogP contribution in [0.3, 0.4) is 0 Å². The Labute approximate surface area is 532 Å². The van der Waals surface area contributed by atoms with E-state index in [2.05, 4.69) is 365 Å². The van der Waals surface area contributed by atoms with Crippen molar-refractivity contribution in [2.24, 2.45) is 0 Å². The third-order valence-electron chi connectivity index (χ3n) is 16.1. The Hall–Kier alpha value is -6.24. The van der Waals surface area contributed by atoms with Crippen LogP contribution in [0, 0.1) is 96.9 Å². The molecule has 0 unspecified atom stereocenters. The summed E-state index contributed by atoms with van der Waals surface area (Å²) in [5.41, 5.74) is 31.2. The molecule has 0 fully saturated rings. The summed E-state index contributed by atoms with van der Waals surface area (Å²) in [6.07, 6.45) is 0. The third kappa shape index (κ3) is 29.0. The molecule has 8 aromatic carbocycles. The summed E-state index contributed by atoms with van der Waals surface area (Å²) < 4.78 is 0. The predicted molar refractivity (Wildman–Crippen MR) is 391 cm³/mol. The molecule has 8 rings (SSSR count). The van der Waals surface area contributed by atoms with Gasteiger partial charge in [0.1, 0.15) is 0 Å². The van der Waals surface area contributed by atoms with E-state index in [1.807, 2.05) is 0 Å². The molecule has 0 aromatic heterocycles. The van der Waals surface area contributed by atoms with E-state index >= 15 is 0 Å². The van der Waals surface area contributed by atoms with Crippen molar-refractivity contribution in [3.8, 4) is 0 Å². The first-order valence-corrected chi connectivity index (χ1v) is 32.6. The smallest absolute Gasteiger partial charge is 0.0214 e. The Morgan fingerprint density at radius 1 is 0.186 bits per heavy atom. The zero-order valence-corrected chi connectivity index (χ0v) is 60.6. The largest absolute Gasteiger partial charge is 0.0620 e. The van der Waals surface area contributed by atoms with Crippen LogP contribution in [0.15, 0.2) is 158 Å². The fraction of sp³-hybridized carbons (Fsp3) is 0.442. The van der Waals surface area contributed by atoms with E-state index in [-0.39, 0.29) is 0 Å². The van der Waals surface area contributed by atoms with Crippen LogP contribution >= 0.6 is 0 Å². The van der Waals surface area contributed by atoms with Gasteiger partial charge in [0, 0.05) is 0 Å². The highest BCUT2D eigenvalue weighted by molar-refractivity contribution is 5.38. The summed E-state index contributed by atoms with van der Waals surface area (Å²) in [5, 5.41) is 0. The summed E-state index contributed by atoms with van der Waals surface area (Å²) in [6.45, 7) is 66.0. The van der Waals surface area contributed by atoms with Gasteiger partial charge in [-0.05, 0) is 239 Å². The molecule has 0 atom stereocenters. The third-order valence-corrected chi connectivity index (χ3v) is 16.1. The highest BCUT2D eigenvalue weighted by Gasteiger charge is 2.07. The van der Waals surface area contributed by atoms with Crippen LogP contribution in [0.25, 0.3) is 0 Å². The second-order valence-electron chi connectivity index (χ2n) is 27.1. The molecule has 0 heterocycles. The van der Waals surface area contributed by atoms with Crippen molar-refractivity contribution in [3.05, 3.63) is 280 Å². The molecular weight excluding hydrogens is 1030 g/mol. The Kier molecular flexibility index (Phi) is 35.7. The molecule has 0 aliphatic carbocycles. The maximum atomic E-state index is 2.28. The van der Waals surface area contributed by atoms with Crippen molar-refractivity contribution in [2.45, 2.75) is 255 Å². The van der Waals surface area contributed by atoms with E-state index < -0.39 is 0 Å². The predicted octanol–water partition coefficient (Wildman–Crippen LogP) is 26.8. The molecule has 0 nitrogen and oxygen atoms in total. The van der Waals surface area contributed by atoms with Crippen LogP contribution in [-0.4, -0.2) is 0 Å². The molecule has 86 heavy (non-hydrogen) atoms. The minimum Gasteiger partial charge on any atom is -0.0620 e. The molecule has 0 heteroatoms. The number of benzene rings is 8. The Bertz CT molecular complexity index is 3150. The van der Waals surface area contributed by atoms with E-state index in [0.717, 1.165) is 0 Å². The number of hydrogen-bond donors (Lipinski definition) is 0. The summed E-state index contributed by atoms with van der Waals surface area (Å²) in [6, 6.07) is 56.9. The minimum absolute atomic E-state index is 0.647. The standard InChI is InChI=1S/6C11H16.2C10H14/c1-8(2)11-6-9(3)5-10(4)7-11;1-8(2)11-6-5-9(3)10(4)7-11;1-8(2)11-6-5-9(3)7-10(11)4;1-8(2)11-7-9(3)5-6-10(11)4;1-8(2)11-7-5-6-9(3)10(11)4;1-8(2)11-9(3)6-5-7-10(11)4;1-8(2)10-6-4-5-9(3)7-10;1-8(2)10-7-5-4-6-9(10)3/h6*5-8H,1-4H3;2*4-8H,1-3H3. The maximum Gasteiger partial charge on any atom is -0.0214 e. The second-order valence-corrected chi connectivity index (χ2v) is 27.1. The van der Waals surface area contributed by atoms with Crippen LogP contribution in [0.2, 0.25) is 0 Å². The topological polar surface area (TPSA) is 0 Å². The molecule has 0 saturated carbocycles. The van der Waals surface area contributed by atoms with Gasteiger partial charge in [-0.2, -0.15) is 0 Å². The summed E-state index contributed by atoms with van der Waals surface area (Å²) in [7, 11) is 0. The van der Waals surface area contributed by atoms with Gasteiger partial charge in [0.05, 0.1) is 0 Å². The van der Waals surface area contributed by atoms with Crippen molar-refractivity contribution in [1.82, 2.24) is 0 Å². The second kappa shape index (κ2) is 39.5. The molecule has 0 aliphatic heterocycles. The van der Waals surface area contributed by atoms with Gasteiger partial charge in [-0.3, -0.25) is 0 Å². The monoisotopic (exact) mass is 1160 g/mol. The molecule has 0 amide bonds. The van der Waals surface area contributed by atoms with Gasteiger partial charge < -0.3 is 0 Å². The first-order valence-electron chi connectivity index (χ1n) is 32.6. The molecule has 0 radical (unpaired) electrons. The van der Waals surface area contributed by atoms with Crippen molar-refractivity contribution in [3.63, 3.8) is 0 Å². The van der Waals surface area contributed by atoms with Crippen molar-refractivity contribution in [1.29, 1.82) is 0 Å². The quantitative estimate of drug-likeness (QED) is 0.142. The SMILES string of the molecule is Cc1cc(C)cc(C(C)C)c1.Cc1ccc(C(C)C)c(C)c1.Cc1ccc(C(C)C)cc1C.Cc1ccc(C)c(C(C)C)c1.Cc1cccc(C(C)C)c1.Cc1cccc(C(C)C)c1C.Cc1cccc(C)c1C(C)C.Cc1ccccc1C(C)C. The average Bonchev–Trinajstić information content (AvgIpc) is 3.64. The van der Waals surface area contributed by atoms with E-state index in [9.17, 15) is 0 Å². The highest BCUT2D eigenvalue weighted by atomic mass is 14.1. The number of hydrogen-bond acceptors (Lipinski definition) is 0. The lowest BCUT2D eigenvalue weighted by molar-refractivity contribution is 0.846. The van der Waals surface area contributed by atoms with Gasteiger partial charge in [-0.25, -0.2) is 0 Å². The van der Waals surface area contributed by atoms with Gasteiger partial charge in [0.15, 0.2) is 0 Å². The molecule has 0 saturated heterocycles. The maximum absolute atomic E-state index is 2.28. The van der Waals surface area contributed by atoms with Gasteiger partial charge >= 0.3 is 0 Å². The normalized spacial score (nSPS) is 10.6. The summed E-state index contributed by atoms with van der Waals surface area (Å²) in [4.78, 5) is 0. The molecule has 0 spiro atoms. The average molecular weight is 1160 g/mol. The lowest BCUT2D eigenvalue weighted by Gasteiger charge is -2.12. The fourth-order valence-corrected chi connectivity index (χ4v) is 10.7. The van der Waals surface area contributed by atoms with E-state index in [1.165, 1.54) is 122 Å².